The van der Waals surface area contributed by atoms with Crippen LogP contribution in [0.4, 0.5) is 0 Å². The third-order valence-electron chi connectivity index (χ3n) is 6.64. The second-order valence-electron chi connectivity index (χ2n) is 8.27. The SMILES string of the molecule is Cc1cc(C(OO)c2ccc(C3CCC(C)CC3)cc2)c(C)c(C)c1C.[HH]. The highest BCUT2D eigenvalue weighted by Crippen LogP contribution is 2.37. The molecule has 1 aliphatic carbocycles. The number of benzene rings is 2. The van der Waals surface area contributed by atoms with Gasteiger partial charge in [-0.15, -0.1) is 0 Å². The van der Waals surface area contributed by atoms with Gasteiger partial charge >= 0.3 is 0 Å². The van der Waals surface area contributed by atoms with Crippen LogP contribution in [0.2, 0.25) is 0 Å². The van der Waals surface area contributed by atoms with Crippen LogP contribution in [0.25, 0.3) is 0 Å². The number of rotatable bonds is 4. The van der Waals surface area contributed by atoms with Crippen LogP contribution >= 0.6 is 0 Å². The van der Waals surface area contributed by atoms with Crippen LogP contribution in [-0.4, -0.2) is 5.26 Å². The molecular formula is C24H34O2. The fourth-order valence-corrected chi connectivity index (χ4v) is 4.35. The predicted molar refractivity (Wildman–Crippen MR) is 110 cm³/mol. The molecule has 0 aromatic heterocycles. The van der Waals surface area contributed by atoms with E-state index in [1.165, 1.54) is 53.5 Å². The van der Waals surface area contributed by atoms with Gasteiger partial charge in [0.05, 0.1) is 0 Å². The molecule has 0 radical (unpaired) electrons. The Balaban J connectivity index is 0.00000261. The summed E-state index contributed by atoms with van der Waals surface area (Å²) >= 11 is 0. The standard InChI is InChI=1S/C24H32O2.H2/c1-15-6-8-20(9-7-15)21-10-12-22(13-11-21)24(26-25)23-14-16(2)17(3)18(4)19(23)5;/h10-15,20,24-25H,6-9H2,1-5H3;1H. The summed E-state index contributed by atoms with van der Waals surface area (Å²) in [5.41, 5.74) is 8.49. The monoisotopic (exact) mass is 354 g/mol. The van der Waals surface area contributed by atoms with E-state index in [0.717, 1.165) is 17.0 Å². The summed E-state index contributed by atoms with van der Waals surface area (Å²) < 4.78 is 0. The van der Waals surface area contributed by atoms with Crippen molar-refractivity contribution in [3.05, 3.63) is 69.3 Å². The molecule has 1 unspecified atom stereocenters. The second-order valence-corrected chi connectivity index (χ2v) is 8.27. The fraction of sp³-hybridized carbons (Fsp3) is 0.500. The minimum Gasteiger partial charge on any atom is -0.251 e. The molecule has 1 aliphatic rings. The minimum absolute atomic E-state index is 0. The summed E-state index contributed by atoms with van der Waals surface area (Å²) in [5.74, 6) is 1.55. The first kappa shape index (κ1) is 19.1. The zero-order chi connectivity index (χ0) is 18.8. The van der Waals surface area contributed by atoms with Gasteiger partial charge in [0.15, 0.2) is 0 Å². The Hall–Kier alpha value is -1.64. The first-order chi connectivity index (χ1) is 12.4. The fourth-order valence-electron chi connectivity index (χ4n) is 4.35. The molecule has 0 heterocycles. The van der Waals surface area contributed by atoms with Crippen molar-refractivity contribution in [3.8, 4) is 0 Å². The van der Waals surface area contributed by atoms with Gasteiger partial charge in [-0.25, -0.2) is 4.89 Å². The summed E-state index contributed by atoms with van der Waals surface area (Å²) in [6.45, 7) is 10.9. The van der Waals surface area contributed by atoms with Crippen LogP contribution in [0.3, 0.4) is 0 Å². The molecule has 2 aromatic carbocycles. The van der Waals surface area contributed by atoms with E-state index < -0.39 is 6.10 Å². The lowest BCUT2D eigenvalue weighted by Gasteiger charge is -2.27. The van der Waals surface area contributed by atoms with Gasteiger partial charge in [0.25, 0.3) is 0 Å². The highest BCUT2D eigenvalue weighted by molar-refractivity contribution is 5.47. The van der Waals surface area contributed by atoms with Gasteiger partial charge in [0, 0.05) is 1.43 Å². The van der Waals surface area contributed by atoms with Gasteiger partial charge < -0.3 is 0 Å². The summed E-state index contributed by atoms with van der Waals surface area (Å²) in [6, 6.07) is 10.8. The minimum atomic E-state index is -0.437. The summed E-state index contributed by atoms with van der Waals surface area (Å²) in [4.78, 5) is 4.95. The molecule has 142 valence electrons. The maximum atomic E-state index is 9.66. The van der Waals surface area contributed by atoms with E-state index in [0.29, 0.717) is 5.92 Å². The molecule has 0 bridgehead atoms. The lowest BCUT2D eigenvalue weighted by Crippen LogP contribution is -2.11. The Kier molecular flexibility index (Phi) is 5.84. The van der Waals surface area contributed by atoms with Crippen LogP contribution in [0.1, 0.15) is 85.0 Å². The lowest BCUT2D eigenvalue weighted by molar-refractivity contribution is -0.270. The average molecular weight is 355 g/mol. The Morgan fingerprint density at radius 3 is 2.12 bits per heavy atom. The Morgan fingerprint density at radius 1 is 0.923 bits per heavy atom. The quantitative estimate of drug-likeness (QED) is 0.471. The van der Waals surface area contributed by atoms with Gasteiger partial charge in [-0.3, -0.25) is 5.26 Å². The van der Waals surface area contributed by atoms with E-state index in [1.807, 2.05) is 0 Å². The largest absolute Gasteiger partial charge is 0.251 e. The smallest absolute Gasteiger partial charge is 0.143 e. The molecule has 2 heteroatoms. The van der Waals surface area contributed by atoms with Crippen molar-refractivity contribution >= 4 is 0 Å². The van der Waals surface area contributed by atoms with Crippen molar-refractivity contribution in [3.63, 3.8) is 0 Å². The maximum Gasteiger partial charge on any atom is 0.143 e. The van der Waals surface area contributed by atoms with E-state index in [-0.39, 0.29) is 1.43 Å². The number of hydrogen-bond acceptors (Lipinski definition) is 2. The van der Waals surface area contributed by atoms with Crippen molar-refractivity contribution in [2.75, 3.05) is 0 Å². The summed E-state index contributed by atoms with van der Waals surface area (Å²) in [7, 11) is 0. The molecule has 0 amide bonds. The van der Waals surface area contributed by atoms with Crippen molar-refractivity contribution in [1.82, 2.24) is 0 Å². The molecule has 26 heavy (non-hydrogen) atoms. The third kappa shape index (κ3) is 3.72. The zero-order valence-corrected chi connectivity index (χ0v) is 16.8. The molecule has 2 nitrogen and oxygen atoms in total. The van der Waals surface area contributed by atoms with Crippen molar-refractivity contribution in [2.24, 2.45) is 5.92 Å². The molecule has 1 fully saturated rings. The molecule has 0 spiro atoms. The van der Waals surface area contributed by atoms with Gasteiger partial charge in [-0.05, 0) is 91.3 Å². The zero-order valence-electron chi connectivity index (χ0n) is 16.8. The van der Waals surface area contributed by atoms with Gasteiger partial charge in [0.1, 0.15) is 6.10 Å². The summed E-state index contributed by atoms with van der Waals surface area (Å²) in [6.07, 6.45) is 4.80. The number of aryl methyl sites for hydroxylation is 1. The molecule has 3 rings (SSSR count). The van der Waals surface area contributed by atoms with Crippen LogP contribution in [0.5, 0.6) is 0 Å². The molecule has 0 saturated heterocycles. The summed E-state index contributed by atoms with van der Waals surface area (Å²) in [5, 5.41) is 9.66. The Labute approximate surface area is 159 Å². The van der Waals surface area contributed by atoms with Crippen LogP contribution in [0.15, 0.2) is 30.3 Å². The van der Waals surface area contributed by atoms with Gasteiger partial charge in [-0.2, -0.15) is 0 Å². The molecule has 1 N–H and O–H groups in total. The first-order valence-corrected chi connectivity index (χ1v) is 9.89. The molecule has 2 aromatic rings. The van der Waals surface area contributed by atoms with Crippen molar-refractivity contribution < 1.29 is 11.6 Å². The molecule has 0 aliphatic heterocycles. The van der Waals surface area contributed by atoms with E-state index in [2.05, 4.69) is 65.0 Å². The van der Waals surface area contributed by atoms with E-state index in [9.17, 15) is 5.26 Å². The Bertz CT molecular complexity index is 759. The number of hydrogen-bond donors (Lipinski definition) is 1. The van der Waals surface area contributed by atoms with E-state index >= 15 is 0 Å². The lowest BCUT2D eigenvalue weighted by atomic mass is 9.79. The van der Waals surface area contributed by atoms with Crippen molar-refractivity contribution in [1.29, 1.82) is 0 Å². The topological polar surface area (TPSA) is 29.5 Å². The molecular weight excluding hydrogens is 320 g/mol. The van der Waals surface area contributed by atoms with Gasteiger partial charge in [-0.1, -0.05) is 50.1 Å². The Morgan fingerprint density at radius 2 is 1.54 bits per heavy atom. The normalized spacial score (nSPS) is 21.6. The highest BCUT2D eigenvalue weighted by Gasteiger charge is 2.22. The third-order valence-corrected chi connectivity index (χ3v) is 6.64. The average Bonchev–Trinajstić information content (AvgIpc) is 2.66. The molecule has 1 saturated carbocycles. The maximum absolute atomic E-state index is 9.66. The van der Waals surface area contributed by atoms with Gasteiger partial charge in [0.2, 0.25) is 0 Å². The highest BCUT2D eigenvalue weighted by atomic mass is 17.1. The first-order valence-electron chi connectivity index (χ1n) is 9.89. The van der Waals surface area contributed by atoms with Crippen LogP contribution < -0.4 is 0 Å². The van der Waals surface area contributed by atoms with E-state index in [1.54, 1.807) is 0 Å². The van der Waals surface area contributed by atoms with Crippen LogP contribution in [-0.2, 0) is 4.89 Å². The second kappa shape index (κ2) is 7.94. The molecule has 1 atom stereocenters. The predicted octanol–water partition coefficient (Wildman–Crippen LogP) is 7.04. The van der Waals surface area contributed by atoms with Crippen LogP contribution in [0, 0.1) is 33.6 Å². The van der Waals surface area contributed by atoms with E-state index in [4.69, 9.17) is 4.89 Å². The van der Waals surface area contributed by atoms with Crippen molar-refractivity contribution in [2.45, 2.75) is 72.3 Å².